The average molecular weight is 204 g/mol. The van der Waals surface area contributed by atoms with Crippen molar-refractivity contribution in [2.75, 3.05) is 5.73 Å². The van der Waals surface area contributed by atoms with Crippen LogP contribution in [0, 0.1) is 0 Å². The van der Waals surface area contributed by atoms with Crippen molar-refractivity contribution in [2.45, 2.75) is 51.4 Å². The minimum absolute atomic E-state index is 0.466. The van der Waals surface area contributed by atoms with E-state index < -0.39 is 0 Å². The maximum absolute atomic E-state index is 5.92. The molecule has 15 heavy (non-hydrogen) atoms. The molecule has 0 amide bonds. The van der Waals surface area contributed by atoms with Crippen molar-refractivity contribution < 1.29 is 0 Å². The molecule has 0 bridgehead atoms. The van der Waals surface area contributed by atoms with Gasteiger partial charge in [-0.1, -0.05) is 26.7 Å². The van der Waals surface area contributed by atoms with E-state index in [0.29, 0.717) is 11.8 Å². The lowest BCUT2D eigenvalue weighted by Crippen LogP contribution is -2.03. The molecular weight excluding hydrogens is 184 g/mol. The van der Waals surface area contributed by atoms with E-state index >= 15 is 0 Å². The zero-order valence-corrected chi connectivity index (χ0v) is 9.66. The highest BCUT2D eigenvalue weighted by molar-refractivity contribution is 5.42. The van der Waals surface area contributed by atoms with Gasteiger partial charge in [0.1, 0.15) is 0 Å². The first-order valence-electron chi connectivity index (χ1n) is 5.94. The third kappa shape index (κ3) is 2.31. The van der Waals surface area contributed by atoms with Crippen LogP contribution < -0.4 is 5.73 Å². The van der Waals surface area contributed by atoms with Gasteiger partial charge in [-0.25, -0.2) is 0 Å². The Kier molecular flexibility index (Phi) is 2.94. The lowest BCUT2D eigenvalue weighted by Gasteiger charge is -2.13. The van der Waals surface area contributed by atoms with Crippen LogP contribution in [-0.4, -0.2) is 4.98 Å². The summed E-state index contributed by atoms with van der Waals surface area (Å²) in [6.45, 7) is 4.33. The molecule has 1 aromatic heterocycles. The van der Waals surface area contributed by atoms with E-state index in [-0.39, 0.29) is 0 Å². The van der Waals surface area contributed by atoms with Crippen molar-refractivity contribution in [1.82, 2.24) is 4.98 Å². The first-order chi connectivity index (χ1) is 7.16. The van der Waals surface area contributed by atoms with E-state index in [1.54, 1.807) is 0 Å². The maximum atomic E-state index is 5.92. The fourth-order valence-electron chi connectivity index (χ4n) is 2.32. The second kappa shape index (κ2) is 4.21. The minimum Gasteiger partial charge on any atom is -0.399 e. The summed E-state index contributed by atoms with van der Waals surface area (Å²) in [5, 5.41) is 0. The van der Waals surface area contributed by atoms with Gasteiger partial charge in [0.05, 0.1) is 0 Å². The van der Waals surface area contributed by atoms with Crippen molar-refractivity contribution >= 4 is 5.69 Å². The predicted molar refractivity (Wildman–Crippen MR) is 63.9 cm³/mol. The van der Waals surface area contributed by atoms with E-state index in [4.69, 9.17) is 10.7 Å². The van der Waals surface area contributed by atoms with Crippen molar-refractivity contribution in [3.63, 3.8) is 0 Å². The van der Waals surface area contributed by atoms with E-state index in [1.165, 1.54) is 31.4 Å². The molecule has 1 heterocycles. The van der Waals surface area contributed by atoms with E-state index in [0.717, 1.165) is 11.4 Å². The highest BCUT2D eigenvalue weighted by Crippen LogP contribution is 2.34. The number of anilines is 1. The van der Waals surface area contributed by atoms with Crippen LogP contribution in [0.1, 0.15) is 62.8 Å². The van der Waals surface area contributed by atoms with Crippen molar-refractivity contribution in [2.24, 2.45) is 0 Å². The fourth-order valence-corrected chi connectivity index (χ4v) is 2.32. The van der Waals surface area contributed by atoms with Crippen molar-refractivity contribution in [3.05, 3.63) is 23.5 Å². The molecule has 0 atom stereocenters. The fraction of sp³-hybridized carbons (Fsp3) is 0.615. The quantitative estimate of drug-likeness (QED) is 0.801. The number of hydrogen-bond donors (Lipinski definition) is 1. The van der Waals surface area contributed by atoms with Gasteiger partial charge in [0, 0.05) is 23.0 Å². The van der Waals surface area contributed by atoms with Gasteiger partial charge < -0.3 is 5.73 Å². The van der Waals surface area contributed by atoms with Crippen LogP contribution in [0.5, 0.6) is 0 Å². The smallest absolute Gasteiger partial charge is 0.0458 e. The molecular formula is C13H20N2. The highest BCUT2D eigenvalue weighted by atomic mass is 14.7. The summed E-state index contributed by atoms with van der Waals surface area (Å²) in [5.41, 5.74) is 9.15. The van der Waals surface area contributed by atoms with Crippen LogP contribution >= 0.6 is 0 Å². The summed E-state index contributed by atoms with van der Waals surface area (Å²) in [6, 6.07) is 4.06. The molecule has 0 aliphatic heterocycles. The van der Waals surface area contributed by atoms with Gasteiger partial charge in [0.15, 0.2) is 0 Å². The van der Waals surface area contributed by atoms with Crippen molar-refractivity contribution in [3.8, 4) is 0 Å². The average Bonchev–Trinajstić information content (AvgIpc) is 2.69. The number of nitrogen functional groups attached to an aromatic ring is 1. The molecule has 1 aliphatic rings. The molecule has 0 aromatic carbocycles. The van der Waals surface area contributed by atoms with E-state index in [1.807, 2.05) is 6.07 Å². The molecule has 0 unspecified atom stereocenters. The number of nitrogens with zero attached hydrogens (tertiary/aromatic N) is 1. The Balaban J connectivity index is 2.30. The molecule has 2 nitrogen and oxygen atoms in total. The van der Waals surface area contributed by atoms with Gasteiger partial charge in [0.2, 0.25) is 0 Å². The molecule has 0 saturated heterocycles. The number of rotatable bonds is 2. The summed E-state index contributed by atoms with van der Waals surface area (Å²) >= 11 is 0. The monoisotopic (exact) mass is 204 g/mol. The molecule has 2 heteroatoms. The van der Waals surface area contributed by atoms with Gasteiger partial charge in [0.25, 0.3) is 0 Å². The molecule has 2 rings (SSSR count). The topological polar surface area (TPSA) is 38.9 Å². The third-order valence-electron chi connectivity index (χ3n) is 3.25. The minimum atomic E-state index is 0.466. The lowest BCUT2D eigenvalue weighted by atomic mass is 10.0. The van der Waals surface area contributed by atoms with Gasteiger partial charge in [-0.15, -0.1) is 0 Å². The van der Waals surface area contributed by atoms with Crippen LogP contribution in [0.15, 0.2) is 12.1 Å². The Morgan fingerprint density at radius 2 is 1.93 bits per heavy atom. The van der Waals surface area contributed by atoms with Crippen LogP contribution in [0.3, 0.4) is 0 Å². The summed E-state index contributed by atoms with van der Waals surface area (Å²) in [5.74, 6) is 1.12. The molecule has 82 valence electrons. The molecule has 0 radical (unpaired) electrons. The number of pyridine rings is 1. The number of aromatic nitrogens is 1. The van der Waals surface area contributed by atoms with Gasteiger partial charge in [-0.05, 0) is 30.9 Å². The lowest BCUT2D eigenvalue weighted by molar-refractivity contribution is 0.683. The molecule has 1 saturated carbocycles. The summed E-state index contributed by atoms with van der Waals surface area (Å²) in [4.78, 5) is 4.74. The maximum Gasteiger partial charge on any atom is 0.0458 e. The van der Waals surface area contributed by atoms with Gasteiger partial charge >= 0.3 is 0 Å². The third-order valence-corrected chi connectivity index (χ3v) is 3.25. The Bertz CT molecular complexity index is 338. The van der Waals surface area contributed by atoms with Crippen LogP contribution in [0.2, 0.25) is 0 Å². The zero-order valence-electron chi connectivity index (χ0n) is 9.66. The Morgan fingerprint density at radius 3 is 2.53 bits per heavy atom. The van der Waals surface area contributed by atoms with Crippen LogP contribution in [-0.2, 0) is 0 Å². The molecule has 1 aliphatic carbocycles. The normalized spacial score (nSPS) is 17.5. The van der Waals surface area contributed by atoms with E-state index in [2.05, 4.69) is 19.9 Å². The molecule has 1 aromatic rings. The largest absolute Gasteiger partial charge is 0.399 e. The molecule has 1 fully saturated rings. The SMILES string of the molecule is CC(C)c1cc(N)cc(C2CCCC2)n1. The highest BCUT2D eigenvalue weighted by Gasteiger charge is 2.19. The summed E-state index contributed by atoms with van der Waals surface area (Å²) < 4.78 is 0. The standard InChI is InChI=1S/C13H20N2/c1-9(2)12-7-11(14)8-13(15-12)10-5-3-4-6-10/h7-10H,3-6H2,1-2H3,(H2,14,15). The van der Waals surface area contributed by atoms with Crippen LogP contribution in [0.4, 0.5) is 5.69 Å². The second-order valence-corrected chi connectivity index (χ2v) is 4.89. The van der Waals surface area contributed by atoms with Gasteiger partial charge in [-0.2, -0.15) is 0 Å². The predicted octanol–water partition coefficient (Wildman–Crippen LogP) is 3.44. The Hall–Kier alpha value is -1.05. The first kappa shape index (κ1) is 10.5. The Morgan fingerprint density at radius 1 is 1.27 bits per heavy atom. The number of nitrogens with two attached hydrogens (primary N) is 1. The molecule has 0 spiro atoms. The number of hydrogen-bond acceptors (Lipinski definition) is 2. The summed E-state index contributed by atoms with van der Waals surface area (Å²) in [6.07, 6.45) is 5.26. The van der Waals surface area contributed by atoms with E-state index in [9.17, 15) is 0 Å². The second-order valence-electron chi connectivity index (χ2n) is 4.89. The zero-order chi connectivity index (χ0) is 10.8. The summed E-state index contributed by atoms with van der Waals surface area (Å²) in [7, 11) is 0. The van der Waals surface area contributed by atoms with Crippen LogP contribution in [0.25, 0.3) is 0 Å². The molecule has 2 N–H and O–H groups in total. The van der Waals surface area contributed by atoms with Gasteiger partial charge in [-0.3, -0.25) is 4.98 Å². The first-order valence-corrected chi connectivity index (χ1v) is 5.94. The Labute approximate surface area is 91.9 Å². The van der Waals surface area contributed by atoms with Crippen molar-refractivity contribution in [1.29, 1.82) is 0 Å².